The molecule has 0 saturated carbocycles. The minimum atomic E-state index is 0.762. The average molecular weight is 168 g/mol. The highest BCUT2D eigenvalue weighted by Gasteiger charge is 1.94. The van der Waals surface area contributed by atoms with E-state index in [4.69, 9.17) is 11.6 Å². The number of hydrogen-bond donors (Lipinski definition) is 0. The van der Waals surface area contributed by atoms with E-state index in [1.807, 2.05) is 32.0 Å². The maximum Gasteiger partial charge on any atom is 0.0655 e. The zero-order chi connectivity index (χ0) is 8.27. The highest BCUT2D eigenvalue weighted by Crippen LogP contribution is 2.21. The van der Waals surface area contributed by atoms with Crippen LogP contribution in [-0.2, 0) is 0 Å². The number of aliphatic imine (C=N–C) groups is 1. The van der Waals surface area contributed by atoms with Gasteiger partial charge in [0.1, 0.15) is 0 Å². The Bertz CT molecular complexity index is 279. The molecular formula is C9H10ClN. The molecule has 0 atom stereocenters. The van der Waals surface area contributed by atoms with Crippen LogP contribution in [0, 0.1) is 6.92 Å². The summed E-state index contributed by atoms with van der Waals surface area (Å²) in [6, 6.07) is 5.67. The number of hydrogen-bond acceptors (Lipinski definition) is 1. The highest BCUT2D eigenvalue weighted by molar-refractivity contribution is 6.30. The fraction of sp³-hybridized carbons (Fsp3) is 0.222. The molecule has 0 amide bonds. The van der Waals surface area contributed by atoms with E-state index in [2.05, 4.69) is 4.99 Å². The molecule has 0 unspecified atom stereocenters. The van der Waals surface area contributed by atoms with Crippen molar-refractivity contribution in [3.8, 4) is 0 Å². The van der Waals surface area contributed by atoms with Crippen molar-refractivity contribution in [3.63, 3.8) is 0 Å². The highest BCUT2D eigenvalue weighted by atomic mass is 35.5. The Morgan fingerprint density at radius 1 is 1.45 bits per heavy atom. The smallest absolute Gasteiger partial charge is 0.0655 e. The lowest BCUT2D eigenvalue weighted by Gasteiger charge is -1.98. The largest absolute Gasteiger partial charge is 0.261 e. The Morgan fingerprint density at radius 2 is 2.18 bits per heavy atom. The SMILES string of the molecule is C/C=N/c1ccc(Cl)cc1C. The van der Waals surface area contributed by atoms with E-state index in [9.17, 15) is 0 Å². The predicted octanol–water partition coefficient (Wildman–Crippen LogP) is 3.37. The summed E-state index contributed by atoms with van der Waals surface area (Å²) in [5, 5.41) is 0.762. The molecule has 0 aliphatic heterocycles. The third-order valence-corrected chi connectivity index (χ3v) is 1.66. The summed E-state index contributed by atoms with van der Waals surface area (Å²) in [6.45, 7) is 3.89. The zero-order valence-electron chi connectivity index (χ0n) is 6.63. The van der Waals surface area contributed by atoms with Crippen molar-refractivity contribution in [2.75, 3.05) is 0 Å². The molecule has 1 nitrogen and oxygen atoms in total. The molecule has 11 heavy (non-hydrogen) atoms. The molecule has 0 spiro atoms. The second-order valence-electron chi connectivity index (χ2n) is 2.32. The summed E-state index contributed by atoms with van der Waals surface area (Å²) < 4.78 is 0. The molecule has 2 heteroatoms. The minimum Gasteiger partial charge on any atom is -0.261 e. The van der Waals surface area contributed by atoms with Crippen LogP contribution < -0.4 is 0 Å². The van der Waals surface area contributed by atoms with E-state index in [1.165, 1.54) is 0 Å². The second kappa shape index (κ2) is 3.54. The van der Waals surface area contributed by atoms with E-state index in [1.54, 1.807) is 6.21 Å². The Hall–Kier alpha value is -0.820. The molecule has 1 aromatic carbocycles. The third-order valence-electron chi connectivity index (χ3n) is 1.43. The normalized spacial score (nSPS) is 10.8. The van der Waals surface area contributed by atoms with Gasteiger partial charge in [-0.3, -0.25) is 4.99 Å². The van der Waals surface area contributed by atoms with Gasteiger partial charge in [-0.15, -0.1) is 0 Å². The van der Waals surface area contributed by atoms with Gasteiger partial charge in [-0.1, -0.05) is 11.6 Å². The summed E-state index contributed by atoms with van der Waals surface area (Å²) in [6.07, 6.45) is 1.77. The maximum atomic E-state index is 5.77. The van der Waals surface area contributed by atoms with Crippen molar-refractivity contribution in [2.24, 2.45) is 4.99 Å². The summed E-state index contributed by atoms with van der Waals surface area (Å²) >= 11 is 5.77. The van der Waals surface area contributed by atoms with Crippen LogP contribution in [0.4, 0.5) is 5.69 Å². The molecule has 0 bridgehead atoms. The second-order valence-corrected chi connectivity index (χ2v) is 2.75. The van der Waals surface area contributed by atoms with Crippen LogP contribution in [0.2, 0.25) is 5.02 Å². The summed E-state index contributed by atoms with van der Waals surface area (Å²) in [5.74, 6) is 0. The summed E-state index contributed by atoms with van der Waals surface area (Å²) in [5.41, 5.74) is 2.09. The van der Waals surface area contributed by atoms with Gasteiger partial charge < -0.3 is 0 Å². The molecule has 1 rings (SSSR count). The molecule has 0 heterocycles. The van der Waals surface area contributed by atoms with Gasteiger partial charge in [-0.25, -0.2) is 0 Å². The van der Waals surface area contributed by atoms with Crippen molar-refractivity contribution in [3.05, 3.63) is 28.8 Å². The van der Waals surface area contributed by atoms with Gasteiger partial charge in [-0.2, -0.15) is 0 Å². The van der Waals surface area contributed by atoms with Crippen molar-refractivity contribution in [1.29, 1.82) is 0 Å². The van der Waals surface area contributed by atoms with Gasteiger partial charge in [0, 0.05) is 11.2 Å². The fourth-order valence-electron chi connectivity index (χ4n) is 0.903. The fourth-order valence-corrected chi connectivity index (χ4v) is 1.13. The number of nitrogens with zero attached hydrogens (tertiary/aromatic N) is 1. The Balaban J connectivity index is 3.09. The van der Waals surface area contributed by atoms with Crippen molar-refractivity contribution in [2.45, 2.75) is 13.8 Å². The van der Waals surface area contributed by atoms with Gasteiger partial charge in [0.2, 0.25) is 0 Å². The Kier molecular flexibility index (Phi) is 2.66. The van der Waals surface area contributed by atoms with E-state index < -0.39 is 0 Å². The van der Waals surface area contributed by atoms with Gasteiger partial charge >= 0.3 is 0 Å². The molecule has 1 aromatic rings. The summed E-state index contributed by atoms with van der Waals surface area (Å²) in [7, 11) is 0. The molecule has 0 radical (unpaired) electrons. The number of halogens is 1. The van der Waals surface area contributed by atoms with Crippen LogP contribution in [0.1, 0.15) is 12.5 Å². The first-order valence-electron chi connectivity index (χ1n) is 3.49. The predicted molar refractivity (Wildman–Crippen MR) is 50.0 cm³/mol. The molecule has 0 aliphatic carbocycles. The third kappa shape index (κ3) is 2.05. The quantitative estimate of drug-likeness (QED) is 0.569. The van der Waals surface area contributed by atoms with Crippen LogP contribution in [-0.4, -0.2) is 6.21 Å². The van der Waals surface area contributed by atoms with Crippen molar-refractivity contribution >= 4 is 23.5 Å². The minimum absolute atomic E-state index is 0.762. The monoisotopic (exact) mass is 167 g/mol. The first-order chi connectivity index (χ1) is 5.24. The van der Waals surface area contributed by atoms with Crippen molar-refractivity contribution in [1.82, 2.24) is 0 Å². The van der Waals surface area contributed by atoms with E-state index in [-0.39, 0.29) is 0 Å². The van der Waals surface area contributed by atoms with E-state index in [0.717, 1.165) is 16.3 Å². The zero-order valence-corrected chi connectivity index (χ0v) is 7.39. The molecule has 0 saturated heterocycles. The lowest BCUT2D eigenvalue weighted by Crippen LogP contribution is -1.73. The van der Waals surface area contributed by atoms with Crippen LogP contribution in [0.3, 0.4) is 0 Å². The van der Waals surface area contributed by atoms with Crippen LogP contribution in [0.5, 0.6) is 0 Å². The van der Waals surface area contributed by atoms with Gasteiger partial charge in [0.15, 0.2) is 0 Å². The summed E-state index contributed by atoms with van der Waals surface area (Å²) in [4.78, 5) is 4.16. The molecule has 0 fully saturated rings. The number of aryl methyl sites for hydroxylation is 1. The van der Waals surface area contributed by atoms with Crippen LogP contribution in [0.25, 0.3) is 0 Å². The lowest BCUT2D eigenvalue weighted by atomic mass is 10.2. The lowest BCUT2D eigenvalue weighted by molar-refractivity contribution is 1.40. The van der Waals surface area contributed by atoms with Crippen LogP contribution >= 0.6 is 11.6 Å². The Morgan fingerprint density at radius 3 is 2.73 bits per heavy atom. The molecule has 0 N–H and O–H groups in total. The van der Waals surface area contributed by atoms with Gasteiger partial charge in [0.25, 0.3) is 0 Å². The topological polar surface area (TPSA) is 12.4 Å². The maximum absolute atomic E-state index is 5.77. The first kappa shape index (κ1) is 8.28. The molecule has 58 valence electrons. The molecule has 0 aliphatic rings. The number of rotatable bonds is 1. The van der Waals surface area contributed by atoms with E-state index in [0.29, 0.717) is 0 Å². The van der Waals surface area contributed by atoms with Crippen molar-refractivity contribution < 1.29 is 0 Å². The average Bonchev–Trinajstić information content (AvgIpc) is 1.95. The van der Waals surface area contributed by atoms with Crippen LogP contribution in [0.15, 0.2) is 23.2 Å². The molecule has 0 aromatic heterocycles. The number of benzene rings is 1. The standard InChI is InChI=1S/C9H10ClN/c1-3-11-9-5-4-8(10)6-7(9)2/h3-6H,1-2H3/b11-3+. The molecular weight excluding hydrogens is 158 g/mol. The first-order valence-corrected chi connectivity index (χ1v) is 3.86. The van der Waals surface area contributed by atoms with Gasteiger partial charge in [0.05, 0.1) is 5.69 Å². The van der Waals surface area contributed by atoms with E-state index >= 15 is 0 Å². The Labute approximate surface area is 71.7 Å². The van der Waals surface area contributed by atoms with Gasteiger partial charge in [-0.05, 0) is 37.6 Å².